The number of aryl methyl sites for hydroxylation is 1. The predicted octanol–water partition coefficient (Wildman–Crippen LogP) is 3.20. The van der Waals surface area contributed by atoms with Crippen molar-refractivity contribution in [2.75, 3.05) is 31.1 Å². The number of nitrogens with one attached hydrogen (secondary N) is 2. The van der Waals surface area contributed by atoms with Gasteiger partial charge in [-0.05, 0) is 50.4 Å². The quantitative estimate of drug-likeness (QED) is 0.363. The van der Waals surface area contributed by atoms with E-state index < -0.39 is 24.3 Å². The molecule has 0 saturated carbocycles. The molecule has 2 aliphatic heterocycles. The van der Waals surface area contributed by atoms with Crippen LogP contribution in [0, 0.1) is 6.92 Å². The first-order chi connectivity index (χ1) is 16.5. The van der Waals surface area contributed by atoms with E-state index in [1.807, 2.05) is 6.92 Å². The van der Waals surface area contributed by atoms with Gasteiger partial charge in [0.25, 0.3) is 0 Å². The average molecular weight is 552 g/mol. The summed E-state index contributed by atoms with van der Waals surface area (Å²) in [4.78, 5) is 20.2. The summed E-state index contributed by atoms with van der Waals surface area (Å²) < 4.78 is 63.5. The fraction of sp³-hybridized carbons (Fsp3) is 0.619. The van der Waals surface area contributed by atoms with Crippen LogP contribution in [-0.4, -0.2) is 84.0 Å². The lowest BCUT2D eigenvalue weighted by atomic mass is 9.98. The second-order valence-corrected chi connectivity index (χ2v) is 8.54. The van der Waals surface area contributed by atoms with Crippen LogP contribution in [0.5, 0.6) is 0 Å². The Hall–Kier alpha value is -2.29. The molecule has 2 atom stereocenters. The smallest absolute Gasteiger partial charge is 0.475 e. The number of halogens is 7. The van der Waals surface area contributed by atoms with E-state index in [9.17, 15) is 31.4 Å². The van der Waals surface area contributed by atoms with E-state index in [-0.39, 0.29) is 12.1 Å². The van der Waals surface area contributed by atoms with Gasteiger partial charge in [0.1, 0.15) is 0 Å². The Morgan fingerprint density at radius 3 is 1.94 bits per heavy atom. The highest BCUT2D eigenvalue weighted by molar-refractivity contribution is 6.31. The van der Waals surface area contributed by atoms with Crippen LogP contribution in [-0.2, 0) is 9.59 Å². The number of rotatable bonds is 3. The van der Waals surface area contributed by atoms with Gasteiger partial charge in [0, 0.05) is 42.4 Å². The molecule has 5 N–H and O–H groups in total. The van der Waals surface area contributed by atoms with Crippen molar-refractivity contribution in [3.05, 3.63) is 28.8 Å². The summed E-state index contributed by atoms with van der Waals surface area (Å²) in [5.41, 5.74) is 2.35. The van der Waals surface area contributed by atoms with Crippen molar-refractivity contribution in [1.29, 1.82) is 0 Å². The Morgan fingerprint density at radius 1 is 1.03 bits per heavy atom. The standard InChI is InChI=1S/C17H26ClN3O.2C2HF3O2/c1-12-2-3-14(10-15(12)18)21-8-5-13(6-9-21)20-16-4-7-19-11-17(16)22;2*3-2(4,5)1(6)7/h2-3,10,13,16-17,19-20,22H,4-9,11H2,1H3;2*(H,6,7)/t16-,17-;;/m1../s1. The first-order valence-corrected chi connectivity index (χ1v) is 11.2. The van der Waals surface area contributed by atoms with Gasteiger partial charge in [-0.3, -0.25) is 0 Å². The van der Waals surface area contributed by atoms with Crippen LogP contribution < -0.4 is 15.5 Å². The SMILES string of the molecule is Cc1ccc(N2CCC(N[C@@H]3CCNC[C@H]3O)CC2)cc1Cl.O=C(O)C(F)(F)F.O=C(O)C(F)(F)F. The van der Waals surface area contributed by atoms with Gasteiger partial charge < -0.3 is 30.9 Å². The van der Waals surface area contributed by atoms with Crippen LogP contribution in [0.15, 0.2) is 18.2 Å². The van der Waals surface area contributed by atoms with Gasteiger partial charge in [-0.2, -0.15) is 26.3 Å². The third-order valence-electron chi connectivity index (χ3n) is 5.40. The van der Waals surface area contributed by atoms with E-state index in [2.05, 4.69) is 33.7 Å². The maximum Gasteiger partial charge on any atom is 0.490 e. The minimum Gasteiger partial charge on any atom is -0.475 e. The van der Waals surface area contributed by atoms with Crippen molar-refractivity contribution in [3.8, 4) is 0 Å². The predicted molar refractivity (Wildman–Crippen MR) is 119 cm³/mol. The molecule has 206 valence electrons. The Balaban J connectivity index is 0.000000383. The van der Waals surface area contributed by atoms with Crippen LogP contribution in [0.2, 0.25) is 5.02 Å². The molecule has 2 heterocycles. The molecule has 2 aliphatic rings. The summed E-state index contributed by atoms with van der Waals surface area (Å²) in [7, 11) is 0. The molecular weight excluding hydrogens is 524 g/mol. The zero-order valence-electron chi connectivity index (χ0n) is 19.2. The maximum atomic E-state index is 10.6. The number of aliphatic hydroxyl groups excluding tert-OH is 1. The molecule has 0 radical (unpaired) electrons. The second kappa shape index (κ2) is 13.9. The maximum absolute atomic E-state index is 10.6. The van der Waals surface area contributed by atoms with Gasteiger partial charge >= 0.3 is 24.3 Å². The van der Waals surface area contributed by atoms with Gasteiger partial charge in [-0.1, -0.05) is 17.7 Å². The van der Waals surface area contributed by atoms with E-state index >= 15 is 0 Å². The molecule has 1 aromatic rings. The minimum absolute atomic E-state index is 0.242. The molecule has 0 bridgehead atoms. The lowest BCUT2D eigenvalue weighted by Gasteiger charge is -2.38. The number of hydrogen-bond donors (Lipinski definition) is 5. The number of aliphatic carboxylic acids is 2. The number of carboxylic acids is 2. The Bertz CT molecular complexity index is 839. The van der Waals surface area contributed by atoms with Crippen molar-refractivity contribution in [2.45, 2.75) is 56.7 Å². The van der Waals surface area contributed by atoms with Crippen LogP contribution in [0.4, 0.5) is 32.0 Å². The summed E-state index contributed by atoms with van der Waals surface area (Å²) in [5, 5.41) is 32.0. The van der Waals surface area contributed by atoms with E-state index in [4.69, 9.17) is 31.4 Å². The number of alkyl halides is 6. The van der Waals surface area contributed by atoms with E-state index in [1.165, 1.54) is 5.69 Å². The topological polar surface area (TPSA) is 122 Å². The van der Waals surface area contributed by atoms with Gasteiger partial charge in [-0.25, -0.2) is 9.59 Å². The van der Waals surface area contributed by atoms with Crippen molar-refractivity contribution in [3.63, 3.8) is 0 Å². The summed E-state index contributed by atoms with van der Waals surface area (Å²) in [6.07, 6.45) is -7.19. The molecule has 0 amide bonds. The Morgan fingerprint density at radius 2 is 1.53 bits per heavy atom. The fourth-order valence-corrected chi connectivity index (χ4v) is 3.60. The number of aliphatic hydroxyl groups is 1. The number of anilines is 1. The number of hydrogen-bond acceptors (Lipinski definition) is 6. The zero-order chi connectivity index (χ0) is 27.7. The summed E-state index contributed by atoms with van der Waals surface area (Å²) in [5.74, 6) is -5.51. The highest BCUT2D eigenvalue weighted by Gasteiger charge is 2.38. The van der Waals surface area contributed by atoms with Gasteiger partial charge in [0.05, 0.1) is 6.10 Å². The van der Waals surface area contributed by atoms with E-state index in [0.29, 0.717) is 12.6 Å². The summed E-state index contributed by atoms with van der Waals surface area (Å²) in [6.45, 7) is 5.82. The van der Waals surface area contributed by atoms with Crippen LogP contribution in [0.25, 0.3) is 0 Å². The number of benzene rings is 1. The second-order valence-electron chi connectivity index (χ2n) is 8.13. The largest absolute Gasteiger partial charge is 0.490 e. The fourth-order valence-electron chi connectivity index (χ4n) is 3.42. The number of piperidine rings is 2. The number of nitrogens with zero attached hydrogens (tertiary/aromatic N) is 1. The summed E-state index contributed by atoms with van der Waals surface area (Å²) >= 11 is 6.23. The van der Waals surface area contributed by atoms with Crippen molar-refractivity contribution < 1.29 is 51.3 Å². The highest BCUT2D eigenvalue weighted by Crippen LogP contribution is 2.26. The molecule has 1 aromatic carbocycles. The summed E-state index contributed by atoms with van der Waals surface area (Å²) in [6, 6.07) is 7.07. The third-order valence-corrected chi connectivity index (χ3v) is 5.81. The van der Waals surface area contributed by atoms with Crippen LogP contribution >= 0.6 is 11.6 Å². The molecule has 0 unspecified atom stereocenters. The van der Waals surface area contributed by atoms with Crippen LogP contribution in [0.1, 0.15) is 24.8 Å². The van der Waals surface area contributed by atoms with Gasteiger partial charge in [-0.15, -0.1) is 0 Å². The third kappa shape index (κ3) is 11.2. The minimum atomic E-state index is -5.08. The van der Waals surface area contributed by atoms with Crippen molar-refractivity contribution >= 4 is 29.2 Å². The van der Waals surface area contributed by atoms with Crippen molar-refractivity contribution in [1.82, 2.24) is 10.6 Å². The Kier molecular flexibility index (Phi) is 12.2. The molecule has 36 heavy (non-hydrogen) atoms. The molecular formula is C21H28ClF6N3O5. The molecule has 0 aliphatic carbocycles. The van der Waals surface area contributed by atoms with Gasteiger partial charge in [0.15, 0.2) is 0 Å². The lowest BCUT2D eigenvalue weighted by molar-refractivity contribution is -0.193. The van der Waals surface area contributed by atoms with E-state index in [1.54, 1.807) is 0 Å². The monoisotopic (exact) mass is 551 g/mol. The first kappa shape index (κ1) is 31.7. The Labute approximate surface area is 208 Å². The highest BCUT2D eigenvalue weighted by atomic mass is 35.5. The number of carboxylic acid groups (broad SMARTS) is 2. The van der Waals surface area contributed by atoms with Crippen LogP contribution in [0.3, 0.4) is 0 Å². The van der Waals surface area contributed by atoms with Crippen molar-refractivity contribution in [2.24, 2.45) is 0 Å². The van der Waals surface area contributed by atoms with Gasteiger partial charge in [0.2, 0.25) is 0 Å². The molecule has 0 spiro atoms. The number of β-amino-alcohol motifs (C(OH)–C–C–N with tert-alkyl or cyclic N) is 1. The molecule has 0 aromatic heterocycles. The lowest BCUT2D eigenvalue weighted by Crippen LogP contribution is -2.55. The molecule has 8 nitrogen and oxygen atoms in total. The zero-order valence-corrected chi connectivity index (χ0v) is 19.9. The average Bonchev–Trinajstić information content (AvgIpc) is 2.77. The molecule has 15 heteroatoms. The molecule has 3 rings (SSSR count). The normalized spacial score (nSPS) is 21.0. The molecule has 2 saturated heterocycles. The first-order valence-electron chi connectivity index (χ1n) is 10.8. The molecule has 2 fully saturated rings. The van der Waals surface area contributed by atoms with E-state index in [0.717, 1.165) is 49.5 Å². The number of carbonyl (C=O) groups is 2.